The number of primary sulfonamides is 1. The first kappa shape index (κ1) is 19.1. The van der Waals surface area contributed by atoms with Crippen LogP contribution in [0.15, 0.2) is 46.2 Å². The highest BCUT2D eigenvalue weighted by Gasteiger charge is 2.28. The molecule has 0 saturated carbocycles. The Labute approximate surface area is 164 Å². The van der Waals surface area contributed by atoms with Crippen LogP contribution in [0.4, 0.5) is 4.39 Å². The lowest BCUT2D eigenvalue weighted by Crippen LogP contribution is -2.27. The van der Waals surface area contributed by atoms with E-state index in [1.807, 2.05) is 0 Å². The lowest BCUT2D eigenvalue weighted by molar-refractivity contribution is 0.0694. The van der Waals surface area contributed by atoms with E-state index < -0.39 is 32.8 Å². The Morgan fingerprint density at radius 1 is 1.31 bits per heavy atom. The summed E-state index contributed by atoms with van der Waals surface area (Å²) in [6.45, 7) is 1.91. The number of sulfonamides is 1. The molecular weight excluding hydrogens is 403 g/mol. The van der Waals surface area contributed by atoms with E-state index in [4.69, 9.17) is 9.88 Å². The number of carbonyl (C=O) groups is 1. The fourth-order valence-electron chi connectivity index (χ4n) is 3.46. The van der Waals surface area contributed by atoms with E-state index in [0.717, 1.165) is 6.07 Å². The van der Waals surface area contributed by atoms with Gasteiger partial charge in [0.2, 0.25) is 15.5 Å². The van der Waals surface area contributed by atoms with Gasteiger partial charge in [0.15, 0.2) is 5.75 Å². The van der Waals surface area contributed by atoms with Gasteiger partial charge in [-0.2, -0.15) is 0 Å². The Kier molecular flexibility index (Phi) is 4.21. The second kappa shape index (κ2) is 6.39. The van der Waals surface area contributed by atoms with Gasteiger partial charge in [0, 0.05) is 6.20 Å². The van der Waals surface area contributed by atoms with E-state index in [0.29, 0.717) is 5.56 Å². The van der Waals surface area contributed by atoms with E-state index in [-0.39, 0.29) is 39.8 Å². The van der Waals surface area contributed by atoms with E-state index in [1.54, 1.807) is 11.5 Å². The fraction of sp³-hybridized carbons (Fsp3) is 0.158. The minimum absolute atomic E-state index is 0.0431. The number of carboxylic acids is 1. The summed E-state index contributed by atoms with van der Waals surface area (Å²) in [7, 11) is -3.91. The molecule has 1 aliphatic heterocycles. The van der Waals surface area contributed by atoms with Gasteiger partial charge in [-0.1, -0.05) is 12.1 Å². The number of benzene rings is 2. The van der Waals surface area contributed by atoms with Crippen LogP contribution in [0.3, 0.4) is 0 Å². The molecule has 0 fully saturated rings. The van der Waals surface area contributed by atoms with Crippen molar-refractivity contribution in [3.63, 3.8) is 0 Å². The quantitative estimate of drug-likeness (QED) is 0.670. The summed E-state index contributed by atoms with van der Waals surface area (Å²) in [5.41, 5.74) is -0.616. The van der Waals surface area contributed by atoms with Crippen molar-refractivity contribution >= 4 is 26.9 Å². The Balaban J connectivity index is 2.06. The lowest BCUT2D eigenvalue weighted by atomic mass is 9.98. The number of halogens is 1. The minimum atomic E-state index is -3.91. The van der Waals surface area contributed by atoms with Gasteiger partial charge in [-0.25, -0.2) is 22.7 Å². The topological polar surface area (TPSA) is 129 Å². The number of rotatable bonds is 3. The Morgan fingerprint density at radius 3 is 2.55 bits per heavy atom. The molecule has 1 aromatic heterocycles. The monoisotopic (exact) mass is 418 g/mol. The van der Waals surface area contributed by atoms with Crippen LogP contribution in [0, 0.1) is 5.82 Å². The first-order valence-electron chi connectivity index (χ1n) is 8.50. The Morgan fingerprint density at radius 2 is 1.97 bits per heavy atom. The summed E-state index contributed by atoms with van der Waals surface area (Å²) in [6, 6.07) is 5.95. The van der Waals surface area contributed by atoms with Gasteiger partial charge in [-0.05, 0) is 30.7 Å². The minimum Gasteiger partial charge on any atom is -0.488 e. The number of aromatic carboxylic acids is 1. The highest BCUT2D eigenvalue weighted by molar-refractivity contribution is 7.89. The number of carboxylic acid groups (broad SMARTS) is 1. The molecule has 1 aliphatic rings. The molecule has 4 rings (SSSR count). The van der Waals surface area contributed by atoms with Crippen molar-refractivity contribution in [2.24, 2.45) is 5.14 Å². The van der Waals surface area contributed by atoms with Gasteiger partial charge in [-0.15, -0.1) is 0 Å². The third-order valence-corrected chi connectivity index (χ3v) is 5.80. The van der Waals surface area contributed by atoms with Crippen molar-refractivity contribution in [2.45, 2.75) is 17.9 Å². The van der Waals surface area contributed by atoms with Crippen molar-refractivity contribution < 1.29 is 27.4 Å². The molecule has 0 aliphatic carbocycles. The van der Waals surface area contributed by atoms with Crippen LogP contribution in [-0.2, 0) is 10.0 Å². The highest BCUT2D eigenvalue weighted by Crippen LogP contribution is 2.42. The van der Waals surface area contributed by atoms with Crippen molar-refractivity contribution in [3.05, 3.63) is 58.1 Å². The number of ether oxygens (including phenoxy) is 1. The van der Waals surface area contributed by atoms with E-state index in [9.17, 15) is 23.1 Å². The number of pyridine rings is 1. The molecule has 0 spiro atoms. The van der Waals surface area contributed by atoms with Gasteiger partial charge in [0.05, 0.1) is 27.4 Å². The average Bonchev–Trinajstić information content (AvgIpc) is 2.65. The van der Waals surface area contributed by atoms with Crippen LogP contribution in [0.5, 0.6) is 5.75 Å². The van der Waals surface area contributed by atoms with Crippen LogP contribution in [0.2, 0.25) is 0 Å². The van der Waals surface area contributed by atoms with Crippen LogP contribution in [0.1, 0.15) is 23.3 Å². The largest absolute Gasteiger partial charge is 0.488 e. The zero-order chi connectivity index (χ0) is 21.1. The third kappa shape index (κ3) is 2.97. The first-order chi connectivity index (χ1) is 13.6. The molecule has 1 unspecified atom stereocenters. The first-order valence-corrected chi connectivity index (χ1v) is 10.0. The van der Waals surface area contributed by atoms with Crippen molar-refractivity contribution in [2.75, 3.05) is 6.61 Å². The maximum absolute atomic E-state index is 15.0. The molecule has 0 bridgehead atoms. The predicted octanol–water partition coefficient (Wildman–Crippen LogP) is 2.11. The summed E-state index contributed by atoms with van der Waals surface area (Å²) in [6.07, 6.45) is 1.23. The number of aromatic nitrogens is 1. The molecule has 0 saturated heterocycles. The fourth-order valence-corrected chi connectivity index (χ4v) is 3.97. The number of nitrogens with two attached hydrogens (primary N) is 1. The highest BCUT2D eigenvalue weighted by atomic mass is 32.2. The second-order valence-electron chi connectivity index (χ2n) is 6.77. The molecule has 29 heavy (non-hydrogen) atoms. The summed E-state index contributed by atoms with van der Waals surface area (Å²) in [5, 5.41) is 14.3. The van der Waals surface area contributed by atoms with Crippen LogP contribution >= 0.6 is 0 Å². The normalized spacial score (nSPS) is 15.9. The summed E-state index contributed by atoms with van der Waals surface area (Å²) >= 11 is 0. The number of nitrogens with zero attached hydrogens (tertiary/aromatic N) is 1. The summed E-state index contributed by atoms with van der Waals surface area (Å²) < 4.78 is 45.3. The van der Waals surface area contributed by atoms with Gasteiger partial charge >= 0.3 is 5.97 Å². The lowest BCUT2D eigenvalue weighted by Gasteiger charge is -2.28. The van der Waals surface area contributed by atoms with E-state index in [2.05, 4.69) is 0 Å². The average molecular weight is 418 g/mol. The predicted molar refractivity (Wildman–Crippen MR) is 102 cm³/mol. The van der Waals surface area contributed by atoms with Gasteiger partial charge in [0.25, 0.3) is 0 Å². The molecule has 8 nitrogen and oxygen atoms in total. The molecule has 150 valence electrons. The summed E-state index contributed by atoms with van der Waals surface area (Å²) in [4.78, 5) is 23.9. The molecule has 0 radical (unpaired) electrons. The molecule has 2 aromatic carbocycles. The Hall–Kier alpha value is -3.24. The zero-order valence-electron chi connectivity index (χ0n) is 15.0. The van der Waals surface area contributed by atoms with Crippen molar-refractivity contribution in [1.82, 2.24) is 4.57 Å². The maximum atomic E-state index is 15.0. The Bertz CT molecular complexity index is 1350. The summed E-state index contributed by atoms with van der Waals surface area (Å²) in [5.74, 6) is -2.10. The number of hydrogen-bond donors (Lipinski definition) is 2. The van der Waals surface area contributed by atoms with Gasteiger partial charge < -0.3 is 14.4 Å². The molecule has 2 heterocycles. The molecule has 0 amide bonds. The molecule has 10 heteroatoms. The maximum Gasteiger partial charge on any atom is 0.341 e. The molecule has 1 atom stereocenters. The second-order valence-corrected chi connectivity index (χ2v) is 8.33. The SMILES string of the molecule is CC1COc2c(-c3ccc(S(N)(=O)=O)cc3)c(F)cc3c(=O)c(C(=O)O)cn1c23. The molecule has 3 aromatic rings. The van der Waals surface area contributed by atoms with Crippen molar-refractivity contribution in [1.29, 1.82) is 0 Å². The number of hydrogen-bond acceptors (Lipinski definition) is 5. The van der Waals surface area contributed by atoms with Crippen LogP contribution in [0.25, 0.3) is 22.0 Å². The standard InChI is InChI=1S/C19H15FN2O6S/c1-9-8-28-18-15(10-2-4-11(5-3-10)29(21,26)27)14(20)6-12-16(18)22(9)7-13(17(12)23)19(24)25/h2-7,9H,8H2,1H3,(H,24,25)(H2,21,26,27). The van der Waals surface area contributed by atoms with E-state index >= 15 is 4.39 Å². The van der Waals surface area contributed by atoms with Crippen LogP contribution < -0.4 is 15.3 Å². The van der Waals surface area contributed by atoms with E-state index in [1.165, 1.54) is 30.5 Å². The smallest absolute Gasteiger partial charge is 0.341 e. The molecular formula is C19H15FN2O6S. The molecule has 3 N–H and O–H groups in total. The van der Waals surface area contributed by atoms with Gasteiger partial charge in [0.1, 0.15) is 18.0 Å². The van der Waals surface area contributed by atoms with Crippen molar-refractivity contribution in [3.8, 4) is 16.9 Å². The van der Waals surface area contributed by atoms with Gasteiger partial charge in [-0.3, -0.25) is 4.79 Å². The van der Waals surface area contributed by atoms with Crippen LogP contribution in [-0.4, -0.2) is 30.7 Å². The zero-order valence-corrected chi connectivity index (χ0v) is 15.9. The third-order valence-electron chi connectivity index (χ3n) is 4.87.